The molecule has 0 fully saturated rings. The maximum absolute atomic E-state index is 8.66. The molecule has 0 aliphatic carbocycles. The van der Waals surface area contributed by atoms with E-state index in [2.05, 4.69) is 5.32 Å². The van der Waals surface area contributed by atoms with E-state index in [0.29, 0.717) is 11.5 Å². The Balaban J connectivity index is 2.71. The van der Waals surface area contributed by atoms with Crippen LogP contribution in [0.2, 0.25) is 0 Å². The van der Waals surface area contributed by atoms with Crippen LogP contribution in [0, 0.1) is 0 Å². The molecule has 0 spiro atoms. The van der Waals surface area contributed by atoms with Crippen molar-refractivity contribution >= 4 is 5.69 Å². The lowest BCUT2D eigenvalue weighted by atomic mass is 10.2. The summed E-state index contributed by atoms with van der Waals surface area (Å²) in [5.41, 5.74) is 0.781. The van der Waals surface area contributed by atoms with E-state index in [1.165, 1.54) is 0 Å². The quantitative estimate of drug-likeness (QED) is 0.631. The van der Waals surface area contributed by atoms with Crippen LogP contribution in [0.15, 0.2) is 18.2 Å². The lowest BCUT2D eigenvalue weighted by Crippen LogP contribution is -2.05. The molecule has 1 aromatic carbocycles. The highest BCUT2D eigenvalue weighted by Crippen LogP contribution is 2.28. The van der Waals surface area contributed by atoms with Gasteiger partial charge in [-0.05, 0) is 12.1 Å². The Bertz CT molecular complexity index is 317. The van der Waals surface area contributed by atoms with Crippen LogP contribution in [-0.4, -0.2) is 43.7 Å². The third-order valence-electron chi connectivity index (χ3n) is 1.93. The van der Waals surface area contributed by atoms with Crippen LogP contribution in [0.4, 0.5) is 5.69 Å². The summed E-state index contributed by atoms with van der Waals surface area (Å²) in [6.45, 7) is 0.481. The Morgan fingerprint density at radius 2 is 1.81 bits per heavy atom. The molecule has 0 saturated carbocycles. The van der Waals surface area contributed by atoms with E-state index in [9.17, 15) is 0 Å². The Hall–Kier alpha value is -1.46. The lowest BCUT2D eigenvalue weighted by Gasteiger charge is -2.12. The van der Waals surface area contributed by atoms with Crippen molar-refractivity contribution in [3.05, 3.63) is 18.2 Å². The fraction of sp³-hybridized carbons (Fsp3) is 0.455. The van der Waals surface area contributed by atoms with E-state index in [1.807, 2.05) is 0 Å². The predicted octanol–water partition coefficient (Wildman–Crippen LogP) is 0.470. The molecule has 0 aliphatic rings. The van der Waals surface area contributed by atoms with Crippen molar-refractivity contribution in [1.82, 2.24) is 0 Å². The van der Waals surface area contributed by atoms with E-state index in [-0.39, 0.29) is 26.4 Å². The lowest BCUT2D eigenvalue weighted by molar-refractivity contribution is 0.198. The second-order valence-electron chi connectivity index (χ2n) is 3.05. The largest absolute Gasteiger partial charge is 0.491 e. The zero-order valence-electron chi connectivity index (χ0n) is 9.27. The number of nitrogens with one attached hydrogen (secondary N) is 1. The van der Waals surface area contributed by atoms with Crippen LogP contribution >= 0.6 is 0 Å². The summed E-state index contributed by atoms with van der Waals surface area (Å²) in [4.78, 5) is 0. The molecule has 90 valence electrons. The van der Waals surface area contributed by atoms with Gasteiger partial charge in [0, 0.05) is 13.1 Å². The van der Waals surface area contributed by atoms with Gasteiger partial charge in [-0.2, -0.15) is 0 Å². The van der Waals surface area contributed by atoms with Gasteiger partial charge in [0.05, 0.1) is 18.9 Å². The first-order chi connectivity index (χ1) is 7.81. The number of hydrogen-bond acceptors (Lipinski definition) is 5. The number of benzene rings is 1. The first-order valence-electron chi connectivity index (χ1n) is 5.11. The summed E-state index contributed by atoms with van der Waals surface area (Å²) in [6.07, 6.45) is 0. The van der Waals surface area contributed by atoms with Crippen molar-refractivity contribution in [2.45, 2.75) is 0 Å². The maximum Gasteiger partial charge on any atom is 0.142 e. The molecule has 0 bridgehead atoms. The molecule has 0 radical (unpaired) electrons. The number of aliphatic hydroxyl groups excluding tert-OH is 2. The number of ether oxygens (including phenoxy) is 2. The first kappa shape index (κ1) is 12.6. The molecule has 1 rings (SSSR count). The molecule has 0 amide bonds. The summed E-state index contributed by atoms with van der Waals surface area (Å²) < 4.78 is 10.6. The molecule has 0 aromatic heterocycles. The van der Waals surface area contributed by atoms with E-state index in [1.54, 1.807) is 25.2 Å². The SMILES string of the molecule is CNc1cc(OCCO)ccc1OCCO. The van der Waals surface area contributed by atoms with Gasteiger partial charge in [0.15, 0.2) is 0 Å². The van der Waals surface area contributed by atoms with Crippen LogP contribution in [0.3, 0.4) is 0 Å². The average molecular weight is 227 g/mol. The molecule has 5 heteroatoms. The fourth-order valence-corrected chi connectivity index (χ4v) is 1.24. The molecule has 0 saturated heterocycles. The van der Waals surface area contributed by atoms with Gasteiger partial charge in [0.25, 0.3) is 0 Å². The van der Waals surface area contributed by atoms with E-state index < -0.39 is 0 Å². The summed E-state index contributed by atoms with van der Waals surface area (Å²) in [6, 6.07) is 5.29. The van der Waals surface area contributed by atoms with Crippen LogP contribution in [0.25, 0.3) is 0 Å². The standard InChI is InChI=1S/C11H17NO4/c1-12-10-8-9(15-6-4-13)2-3-11(10)16-7-5-14/h2-3,8,12-14H,4-7H2,1H3. The fourth-order valence-electron chi connectivity index (χ4n) is 1.24. The molecular weight excluding hydrogens is 210 g/mol. The minimum Gasteiger partial charge on any atom is -0.491 e. The van der Waals surface area contributed by atoms with Crippen LogP contribution in [-0.2, 0) is 0 Å². The highest BCUT2D eigenvalue weighted by atomic mass is 16.5. The van der Waals surface area contributed by atoms with Gasteiger partial charge >= 0.3 is 0 Å². The number of hydrogen-bond donors (Lipinski definition) is 3. The summed E-state index contributed by atoms with van der Waals surface area (Å²) in [5.74, 6) is 1.32. The molecule has 0 heterocycles. The third-order valence-corrected chi connectivity index (χ3v) is 1.93. The molecule has 3 N–H and O–H groups in total. The van der Waals surface area contributed by atoms with Crippen LogP contribution in [0.1, 0.15) is 0 Å². The second-order valence-corrected chi connectivity index (χ2v) is 3.05. The van der Waals surface area contributed by atoms with Gasteiger partial charge in [0.2, 0.25) is 0 Å². The van der Waals surface area contributed by atoms with E-state index >= 15 is 0 Å². The average Bonchev–Trinajstić information content (AvgIpc) is 2.34. The van der Waals surface area contributed by atoms with Crippen molar-refractivity contribution < 1.29 is 19.7 Å². The summed E-state index contributed by atoms with van der Waals surface area (Å²) in [5, 5.41) is 20.3. The molecule has 1 aromatic rings. The zero-order valence-corrected chi connectivity index (χ0v) is 9.27. The number of anilines is 1. The first-order valence-corrected chi connectivity index (χ1v) is 5.11. The maximum atomic E-state index is 8.66. The third kappa shape index (κ3) is 3.60. The predicted molar refractivity (Wildman–Crippen MR) is 61.2 cm³/mol. The van der Waals surface area contributed by atoms with Gasteiger partial charge in [-0.15, -0.1) is 0 Å². The number of aliphatic hydroxyl groups is 2. The van der Waals surface area contributed by atoms with Crippen LogP contribution < -0.4 is 14.8 Å². The number of rotatable bonds is 7. The van der Waals surface area contributed by atoms with E-state index in [4.69, 9.17) is 19.7 Å². The van der Waals surface area contributed by atoms with Gasteiger partial charge < -0.3 is 25.0 Å². The Morgan fingerprint density at radius 1 is 1.12 bits per heavy atom. The van der Waals surface area contributed by atoms with Crippen molar-refractivity contribution in [3.8, 4) is 11.5 Å². The molecule has 0 aliphatic heterocycles. The minimum absolute atomic E-state index is 0.0162. The van der Waals surface area contributed by atoms with E-state index in [0.717, 1.165) is 5.69 Å². The van der Waals surface area contributed by atoms with Crippen molar-refractivity contribution in [1.29, 1.82) is 0 Å². The molecule has 16 heavy (non-hydrogen) atoms. The topological polar surface area (TPSA) is 71.0 Å². The van der Waals surface area contributed by atoms with Crippen molar-refractivity contribution in [2.75, 3.05) is 38.8 Å². The zero-order chi connectivity index (χ0) is 11.8. The molecular formula is C11H17NO4. The Kier molecular flexibility index (Phi) is 5.45. The summed E-state index contributed by atoms with van der Waals surface area (Å²) >= 11 is 0. The Labute approximate surface area is 94.6 Å². The van der Waals surface area contributed by atoms with Gasteiger partial charge in [-0.1, -0.05) is 0 Å². The highest BCUT2D eigenvalue weighted by Gasteiger charge is 2.04. The van der Waals surface area contributed by atoms with Gasteiger partial charge in [-0.25, -0.2) is 0 Å². The van der Waals surface area contributed by atoms with Gasteiger partial charge in [0.1, 0.15) is 24.7 Å². The highest BCUT2D eigenvalue weighted by molar-refractivity contribution is 5.59. The van der Waals surface area contributed by atoms with Crippen molar-refractivity contribution in [3.63, 3.8) is 0 Å². The second kappa shape index (κ2) is 6.92. The summed E-state index contributed by atoms with van der Waals surface area (Å²) in [7, 11) is 1.77. The molecule has 5 nitrogen and oxygen atoms in total. The monoisotopic (exact) mass is 227 g/mol. The normalized spacial score (nSPS) is 9.94. The molecule has 0 atom stereocenters. The molecule has 0 unspecified atom stereocenters. The van der Waals surface area contributed by atoms with Crippen molar-refractivity contribution in [2.24, 2.45) is 0 Å². The minimum atomic E-state index is -0.0219. The Morgan fingerprint density at radius 3 is 2.44 bits per heavy atom. The van der Waals surface area contributed by atoms with Gasteiger partial charge in [-0.3, -0.25) is 0 Å². The van der Waals surface area contributed by atoms with Crippen LogP contribution in [0.5, 0.6) is 11.5 Å². The smallest absolute Gasteiger partial charge is 0.142 e.